The van der Waals surface area contributed by atoms with E-state index in [1.54, 1.807) is 0 Å². The first kappa shape index (κ1) is 7.69. The summed E-state index contributed by atoms with van der Waals surface area (Å²) in [6, 6.07) is 4.16. The second-order valence-electron chi connectivity index (χ2n) is 3.07. The number of aryl methyl sites for hydroxylation is 2. The summed E-state index contributed by atoms with van der Waals surface area (Å²) >= 11 is 6.02. The zero-order chi connectivity index (χ0) is 8.72. The second kappa shape index (κ2) is 2.53. The number of fused-ring (bicyclic) bond motifs is 1. The smallest absolute Gasteiger partial charge is 0.0661 e. The molecule has 0 aliphatic rings. The summed E-state index contributed by atoms with van der Waals surface area (Å²) in [5, 5.41) is 1.96. The van der Waals surface area contributed by atoms with Crippen molar-refractivity contribution in [2.75, 3.05) is 0 Å². The Morgan fingerprint density at radius 2 is 2.00 bits per heavy atom. The van der Waals surface area contributed by atoms with Crippen molar-refractivity contribution in [2.24, 2.45) is 0 Å². The lowest BCUT2D eigenvalue weighted by molar-refractivity contribution is 1.38. The summed E-state index contributed by atoms with van der Waals surface area (Å²) in [7, 11) is 0. The molecule has 0 aliphatic heterocycles. The maximum Gasteiger partial charge on any atom is 0.0661 e. The van der Waals surface area contributed by atoms with Crippen molar-refractivity contribution in [1.29, 1.82) is 0 Å². The van der Waals surface area contributed by atoms with Gasteiger partial charge in [-0.15, -0.1) is 0 Å². The molecule has 62 valence electrons. The second-order valence-corrected chi connectivity index (χ2v) is 3.47. The van der Waals surface area contributed by atoms with Gasteiger partial charge >= 0.3 is 0 Å². The minimum atomic E-state index is 0.811. The Balaban J connectivity index is 2.96. The first-order chi connectivity index (χ1) is 5.70. The minimum absolute atomic E-state index is 0.811. The lowest BCUT2D eigenvalue weighted by atomic mass is 10.1. The van der Waals surface area contributed by atoms with Crippen LogP contribution in [0.2, 0.25) is 5.02 Å². The Morgan fingerprint density at radius 3 is 2.75 bits per heavy atom. The van der Waals surface area contributed by atoms with Crippen molar-refractivity contribution in [2.45, 2.75) is 13.8 Å². The van der Waals surface area contributed by atoms with Crippen molar-refractivity contribution < 1.29 is 0 Å². The van der Waals surface area contributed by atoms with Gasteiger partial charge in [0, 0.05) is 17.1 Å². The molecule has 0 unspecified atom stereocenters. The average Bonchev–Trinajstić information content (AvgIpc) is 2.41. The van der Waals surface area contributed by atoms with Gasteiger partial charge in [0.15, 0.2) is 0 Å². The Bertz CT molecular complexity index is 429. The van der Waals surface area contributed by atoms with Crippen molar-refractivity contribution in [3.8, 4) is 0 Å². The van der Waals surface area contributed by atoms with E-state index in [0.29, 0.717) is 0 Å². The third kappa shape index (κ3) is 0.935. The van der Waals surface area contributed by atoms with Crippen LogP contribution in [0.15, 0.2) is 18.3 Å². The Hall–Kier alpha value is -0.950. The molecule has 0 bridgehead atoms. The Morgan fingerprint density at radius 1 is 1.25 bits per heavy atom. The van der Waals surface area contributed by atoms with Crippen molar-refractivity contribution in [1.82, 2.24) is 4.98 Å². The van der Waals surface area contributed by atoms with Crippen LogP contribution in [0, 0.1) is 13.8 Å². The van der Waals surface area contributed by atoms with E-state index in [1.165, 1.54) is 11.1 Å². The van der Waals surface area contributed by atoms with Crippen molar-refractivity contribution in [3.05, 3.63) is 34.5 Å². The summed E-state index contributed by atoms with van der Waals surface area (Å²) in [4.78, 5) is 3.12. The van der Waals surface area contributed by atoms with Crippen LogP contribution in [0.25, 0.3) is 10.9 Å². The third-order valence-electron chi connectivity index (χ3n) is 2.33. The number of nitrogens with one attached hydrogen (secondary N) is 1. The van der Waals surface area contributed by atoms with Gasteiger partial charge in [-0.2, -0.15) is 0 Å². The van der Waals surface area contributed by atoms with Crippen LogP contribution in [-0.4, -0.2) is 4.98 Å². The fourth-order valence-corrected chi connectivity index (χ4v) is 1.76. The molecule has 0 amide bonds. The zero-order valence-corrected chi connectivity index (χ0v) is 7.87. The summed E-state index contributed by atoms with van der Waals surface area (Å²) < 4.78 is 0. The number of halogens is 1. The average molecular weight is 180 g/mol. The molecule has 1 aromatic heterocycles. The largest absolute Gasteiger partial charge is 0.360 e. The first-order valence-electron chi connectivity index (χ1n) is 3.93. The van der Waals surface area contributed by atoms with E-state index >= 15 is 0 Å². The molecule has 1 N–H and O–H groups in total. The lowest BCUT2D eigenvalue weighted by Gasteiger charge is -2.00. The van der Waals surface area contributed by atoms with Gasteiger partial charge < -0.3 is 4.98 Å². The highest BCUT2D eigenvalue weighted by Crippen LogP contribution is 2.27. The number of aromatic amines is 1. The number of H-pyrrole nitrogens is 1. The van der Waals surface area contributed by atoms with E-state index in [2.05, 4.69) is 31.0 Å². The molecule has 12 heavy (non-hydrogen) atoms. The fraction of sp³-hybridized carbons (Fsp3) is 0.200. The zero-order valence-electron chi connectivity index (χ0n) is 7.11. The maximum absolute atomic E-state index is 6.02. The van der Waals surface area contributed by atoms with Gasteiger partial charge in [0.1, 0.15) is 0 Å². The van der Waals surface area contributed by atoms with Gasteiger partial charge in [-0.1, -0.05) is 17.7 Å². The third-order valence-corrected chi connectivity index (χ3v) is 2.63. The molecule has 0 radical (unpaired) electrons. The standard InChI is InChI=1S/C10H10ClN/c1-6-3-4-9-10(7(6)2)8(11)5-12-9/h3-5,12H,1-2H3. The van der Waals surface area contributed by atoms with E-state index in [4.69, 9.17) is 11.6 Å². The summed E-state index contributed by atoms with van der Waals surface area (Å²) in [6.45, 7) is 4.19. The summed E-state index contributed by atoms with van der Waals surface area (Å²) in [5.74, 6) is 0. The number of benzene rings is 1. The molecule has 0 atom stereocenters. The summed E-state index contributed by atoms with van der Waals surface area (Å²) in [6.07, 6.45) is 1.83. The molecule has 1 nitrogen and oxygen atoms in total. The molecular formula is C10H10ClN. The number of hydrogen-bond donors (Lipinski definition) is 1. The van der Waals surface area contributed by atoms with Crippen LogP contribution in [-0.2, 0) is 0 Å². The van der Waals surface area contributed by atoms with Crippen molar-refractivity contribution in [3.63, 3.8) is 0 Å². The highest BCUT2D eigenvalue weighted by Gasteiger charge is 2.04. The van der Waals surface area contributed by atoms with E-state index in [9.17, 15) is 0 Å². The SMILES string of the molecule is Cc1ccc2[nH]cc(Cl)c2c1C. The highest BCUT2D eigenvalue weighted by molar-refractivity contribution is 6.35. The predicted molar refractivity (Wildman–Crippen MR) is 52.8 cm³/mol. The summed E-state index contributed by atoms with van der Waals surface area (Å²) in [5.41, 5.74) is 3.66. The quantitative estimate of drug-likeness (QED) is 0.638. The molecule has 1 heterocycles. The van der Waals surface area contributed by atoms with Gasteiger partial charge in [0.25, 0.3) is 0 Å². The van der Waals surface area contributed by atoms with Crippen molar-refractivity contribution >= 4 is 22.5 Å². The van der Waals surface area contributed by atoms with Crippen LogP contribution < -0.4 is 0 Å². The number of rotatable bonds is 0. The van der Waals surface area contributed by atoms with Crippen LogP contribution in [0.3, 0.4) is 0 Å². The predicted octanol–water partition coefficient (Wildman–Crippen LogP) is 3.44. The number of aromatic nitrogens is 1. The Labute approximate surface area is 76.4 Å². The normalized spacial score (nSPS) is 10.9. The molecular weight excluding hydrogens is 170 g/mol. The molecule has 0 fully saturated rings. The van der Waals surface area contributed by atoms with Gasteiger partial charge in [0.2, 0.25) is 0 Å². The molecule has 2 aromatic rings. The molecule has 2 rings (SSSR count). The topological polar surface area (TPSA) is 15.8 Å². The molecule has 0 saturated heterocycles. The first-order valence-corrected chi connectivity index (χ1v) is 4.30. The van der Waals surface area contributed by atoms with Gasteiger partial charge in [0.05, 0.1) is 5.02 Å². The highest BCUT2D eigenvalue weighted by atomic mass is 35.5. The van der Waals surface area contributed by atoms with Crippen LogP contribution >= 0.6 is 11.6 Å². The van der Waals surface area contributed by atoms with Crippen LogP contribution in [0.5, 0.6) is 0 Å². The monoisotopic (exact) mass is 179 g/mol. The van der Waals surface area contributed by atoms with E-state index in [0.717, 1.165) is 15.9 Å². The van der Waals surface area contributed by atoms with E-state index in [1.807, 2.05) is 6.20 Å². The van der Waals surface area contributed by atoms with Crippen LogP contribution in [0.4, 0.5) is 0 Å². The van der Waals surface area contributed by atoms with Gasteiger partial charge in [-0.3, -0.25) is 0 Å². The maximum atomic E-state index is 6.02. The minimum Gasteiger partial charge on any atom is -0.360 e. The molecule has 0 saturated carbocycles. The Kier molecular flexibility index (Phi) is 1.62. The molecule has 0 spiro atoms. The molecule has 2 heteroatoms. The van der Waals surface area contributed by atoms with Gasteiger partial charge in [-0.05, 0) is 31.0 Å². The fourth-order valence-electron chi connectivity index (χ4n) is 1.46. The van der Waals surface area contributed by atoms with Crippen LogP contribution in [0.1, 0.15) is 11.1 Å². The number of hydrogen-bond acceptors (Lipinski definition) is 0. The van der Waals surface area contributed by atoms with E-state index in [-0.39, 0.29) is 0 Å². The molecule has 1 aromatic carbocycles. The lowest BCUT2D eigenvalue weighted by Crippen LogP contribution is -1.80. The molecule has 0 aliphatic carbocycles. The van der Waals surface area contributed by atoms with E-state index < -0.39 is 0 Å². The van der Waals surface area contributed by atoms with Gasteiger partial charge in [-0.25, -0.2) is 0 Å².